The number of phenolic OH excluding ortho intramolecular Hbond substituents is 1. The second-order valence-corrected chi connectivity index (χ2v) is 3.35. The van der Waals surface area contributed by atoms with Gasteiger partial charge in [0.2, 0.25) is 0 Å². The molecule has 3 N–H and O–H groups in total. The monoisotopic (exact) mass is 261 g/mol. The summed E-state index contributed by atoms with van der Waals surface area (Å²) in [5.41, 5.74) is 5.73. The van der Waals surface area contributed by atoms with Crippen molar-refractivity contribution in [1.82, 2.24) is 0 Å². The fourth-order valence-electron chi connectivity index (χ4n) is 0.814. The molecule has 0 aliphatic carbocycles. The summed E-state index contributed by atoms with van der Waals surface area (Å²) >= 11 is 17.1. The Hall–Kier alpha value is 0.140. The molecule has 6 heteroatoms. The van der Waals surface area contributed by atoms with E-state index in [4.69, 9.17) is 40.5 Å². The highest BCUT2D eigenvalue weighted by Gasteiger charge is 2.12. The third kappa shape index (κ3) is 2.55. The Bertz CT molecular complexity index is 316. The van der Waals surface area contributed by atoms with E-state index in [1.165, 1.54) is 6.07 Å². The lowest BCUT2D eigenvalue weighted by Gasteiger charge is -2.07. The topological polar surface area (TPSA) is 46.2 Å². The smallest absolute Gasteiger partial charge is 0.123 e. The predicted molar refractivity (Wildman–Crippen MR) is 58.3 cm³/mol. The molecule has 1 aromatic rings. The Kier molecular flexibility index (Phi) is 5.18. The molecule has 0 amide bonds. The van der Waals surface area contributed by atoms with Crippen molar-refractivity contribution >= 4 is 47.2 Å². The van der Waals surface area contributed by atoms with Gasteiger partial charge in [-0.05, 0) is 0 Å². The van der Waals surface area contributed by atoms with Gasteiger partial charge < -0.3 is 10.8 Å². The quantitative estimate of drug-likeness (QED) is 0.764. The zero-order chi connectivity index (χ0) is 9.30. The second kappa shape index (κ2) is 5.13. The molecule has 0 fully saturated rings. The summed E-state index contributed by atoms with van der Waals surface area (Å²) in [4.78, 5) is 0. The van der Waals surface area contributed by atoms with E-state index >= 15 is 0 Å². The van der Waals surface area contributed by atoms with Crippen molar-refractivity contribution in [2.75, 3.05) is 0 Å². The van der Waals surface area contributed by atoms with Gasteiger partial charge in [-0.15, -0.1) is 12.4 Å². The first-order valence-electron chi connectivity index (χ1n) is 3.13. The van der Waals surface area contributed by atoms with Crippen LogP contribution in [0.15, 0.2) is 6.07 Å². The van der Waals surface area contributed by atoms with E-state index < -0.39 is 0 Å². The number of rotatable bonds is 1. The van der Waals surface area contributed by atoms with E-state index in [1.54, 1.807) is 0 Å². The molecule has 74 valence electrons. The fourth-order valence-corrected chi connectivity index (χ4v) is 1.51. The van der Waals surface area contributed by atoms with Crippen molar-refractivity contribution < 1.29 is 5.11 Å². The number of nitrogens with two attached hydrogens (primary N) is 1. The van der Waals surface area contributed by atoms with Crippen molar-refractivity contribution in [3.05, 3.63) is 26.7 Å². The Labute approximate surface area is 97.0 Å². The zero-order valence-electron chi connectivity index (χ0n) is 6.35. The first-order chi connectivity index (χ1) is 5.57. The average molecular weight is 263 g/mol. The summed E-state index contributed by atoms with van der Waals surface area (Å²) in [6.07, 6.45) is 0. The average Bonchev–Trinajstić information content (AvgIpc) is 2.01. The normalized spacial score (nSPS) is 9.54. The van der Waals surface area contributed by atoms with Crippen molar-refractivity contribution in [3.63, 3.8) is 0 Å². The molecule has 0 radical (unpaired) electrons. The molecular formula is C7H7Cl4NO. The van der Waals surface area contributed by atoms with Crippen molar-refractivity contribution in [2.45, 2.75) is 6.54 Å². The molecule has 0 aliphatic heterocycles. The summed E-state index contributed by atoms with van der Waals surface area (Å²) in [7, 11) is 0. The Morgan fingerprint density at radius 3 is 2.23 bits per heavy atom. The van der Waals surface area contributed by atoms with Crippen LogP contribution >= 0.6 is 47.2 Å². The minimum Gasteiger partial charge on any atom is -0.508 e. The van der Waals surface area contributed by atoms with Gasteiger partial charge in [-0.25, -0.2) is 0 Å². The van der Waals surface area contributed by atoms with E-state index in [0.29, 0.717) is 5.56 Å². The van der Waals surface area contributed by atoms with Crippen LogP contribution in [0.1, 0.15) is 5.56 Å². The van der Waals surface area contributed by atoms with Crippen LogP contribution < -0.4 is 5.73 Å². The third-order valence-electron chi connectivity index (χ3n) is 1.44. The van der Waals surface area contributed by atoms with Crippen LogP contribution in [0.25, 0.3) is 0 Å². The van der Waals surface area contributed by atoms with Gasteiger partial charge >= 0.3 is 0 Å². The lowest BCUT2D eigenvalue weighted by Crippen LogP contribution is -1.98. The Morgan fingerprint density at radius 2 is 1.77 bits per heavy atom. The predicted octanol–water partition coefficient (Wildman–Crippen LogP) is 3.23. The summed E-state index contributed by atoms with van der Waals surface area (Å²) in [5.74, 6) is -0.0306. The molecule has 1 rings (SSSR count). The van der Waals surface area contributed by atoms with Gasteiger partial charge in [0.05, 0.1) is 15.1 Å². The van der Waals surface area contributed by atoms with E-state index in [0.717, 1.165) is 0 Å². The molecular weight excluding hydrogens is 256 g/mol. The molecule has 0 saturated heterocycles. The summed E-state index contributed by atoms with van der Waals surface area (Å²) in [6.45, 7) is 0.127. The minimum atomic E-state index is -0.0306. The van der Waals surface area contributed by atoms with Crippen LogP contribution in [0.3, 0.4) is 0 Å². The van der Waals surface area contributed by atoms with Gasteiger partial charge in [-0.1, -0.05) is 34.8 Å². The molecule has 0 bridgehead atoms. The number of halogens is 4. The van der Waals surface area contributed by atoms with Crippen LogP contribution in [0.5, 0.6) is 5.75 Å². The largest absolute Gasteiger partial charge is 0.508 e. The van der Waals surface area contributed by atoms with E-state index in [1.807, 2.05) is 0 Å². The van der Waals surface area contributed by atoms with Crippen molar-refractivity contribution in [3.8, 4) is 5.75 Å². The van der Waals surface area contributed by atoms with Crippen molar-refractivity contribution in [1.29, 1.82) is 0 Å². The second-order valence-electron chi connectivity index (χ2n) is 2.19. The number of aromatic hydroxyl groups is 1. The van der Waals surface area contributed by atoms with Crippen LogP contribution in [-0.2, 0) is 6.54 Å². The molecule has 1 aromatic carbocycles. The van der Waals surface area contributed by atoms with Crippen LogP contribution in [0.4, 0.5) is 0 Å². The maximum Gasteiger partial charge on any atom is 0.123 e. The molecule has 0 saturated carbocycles. The zero-order valence-corrected chi connectivity index (χ0v) is 9.44. The lowest BCUT2D eigenvalue weighted by molar-refractivity contribution is 0.468. The fraction of sp³-hybridized carbons (Fsp3) is 0.143. The van der Waals surface area contributed by atoms with E-state index in [9.17, 15) is 5.11 Å². The highest BCUT2D eigenvalue weighted by atomic mass is 35.5. The Balaban J connectivity index is 0.00000144. The molecule has 0 unspecified atom stereocenters. The molecule has 0 heterocycles. The number of hydrogen-bond acceptors (Lipinski definition) is 2. The maximum absolute atomic E-state index is 9.29. The van der Waals surface area contributed by atoms with E-state index in [-0.39, 0.29) is 39.8 Å². The van der Waals surface area contributed by atoms with Gasteiger partial charge in [-0.3, -0.25) is 0 Å². The van der Waals surface area contributed by atoms with E-state index in [2.05, 4.69) is 0 Å². The molecule has 0 aromatic heterocycles. The lowest BCUT2D eigenvalue weighted by atomic mass is 10.2. The Morgan fingerprint density at radius 1 is 1.23 bits per heavy atom. The highest BCUT2D eigenvalue weighted by Crippen LogP contribution is 2.37. The van der Waals surface area contributed by atoms with Gasteiger partial charge in [0.1, 0.15) is 5.75 Å². The molecule has 0 aliphatic rings. The molecule has 0 spiro atoms. The molecule has 2 nitrogen and oxygen atoms in total. The van der Waals surface area contributed by atoms with Crippen LogP contribution in [-0.4, -0.2) is 5.11 Å². The third-order valence-corrected chi connectivity index (χ3v) is 2.75. The van der Waals surface area contributed by atoms with Gasteiger partial charge in [0.15, 0.2) is 0 Å². The molecule has 0 atom stereocenters. The van der Waals surface area contributed by atoms with Crippen LogP contribution in [0, 0.1) is 0 Å². The standard InChI is InChI=1S/C7H6Cl3NO.ClH/c8-4-1-5(12)3(2-11)6(9)7(4)10;/h1,12H,2,11H2;1H. The number of benzene rings is 1. The maximum atomic E-state index is 9.29. The van der Waals surface area contributed by atoms with Gasteiger partial charge in [0, 0.05) is 18.2 Å². The van der Waals surface area contributed by atoms with Crippen LogP contribution in [0.2, 0.25) is 15.1 Å². The summed E-state index contributed by atoms with van der Waals surface area (Å²) in [5, 5.41) is 9.94. The SMILES string of the molecule is Cl.NCc1c(O)cc(Cl)c(Cl)c1Cl. The van der Waals surface area contributed by atoms with Gasteiger partial charge in [0.25, 0.3) is 0 Å². The first-order valence-corrected chi connectivity index (χ1v) is 4.26. The summed E-state index contributed by atoms with van der Waals surface area (Å²) in [6, 6.07) is 1.32. The summed E-state index contributed by atoms with van der Waals surface area (Å²) < 4.78 is 0. The van der Waals surface area contributed by atoms with Gasteiger partial charge in [-0.2, -0.15) is 0 Å². The minimum absolute atomic E-state index is 0. The van der Waals surface area contributed by atoms with Crippen molar-refractivity contribution in [2.24, 2.45) is 5.73 Å². The number of hydrogen-bond donors (Lipinski definition) is 2. The molecule has 13 heavy (non-hydrogen) atoms. The first kappa shape index (κ1) is 13.1. The number of phenols is 1. The highest BCUT2D eigenvalue weighted by molar-refractivity contribution is 6.48.